The fraction of sp³-hybridized carbons (Fsp3) is 0.217. The highest BCUT2D eigenvalue weighted by Gasteiger charge is 2.22. The second kappa shape index (κ2) is 9.48. The molecule has 34 heavy (non-hydrogen) atoms. The fourth-order valence-corrected chi connectivity index (χ4v) is 4.58. The summed E-state index contributed by atoms with van der Waals surface area (Å²) in [6.45, 7) is 3.91. The summed E-state index contributed by atoms with van der Waals surface area (Å²) >= 11 is 0. The van der Waals surface area contributed by atoms with E-state index >= 15 is 0 Å². The zero-order valence-electron chi connectivity index (χ0n) is 18.7. The maximum Gasteiger partial charge on any atom is 0.265 e. The number of amides is 1. The number of anilines is 2. The Morgan fingerprint density at radius 1 is 1.09 bits per heavy atom. The van der Waals surface area contributed by atoms with E-state index in [-0.39, 0.29) is 16.6 Å². The van der Waals surface area contributed by atoms with Crippen molar-refractivity contribution >= 4 is 39.5 Å². The van der Waals surface area contributed by atoms with Gasteiger partial charge in [0.05, 0.1) is 12.8 Å². The van der Waals surface area contributed by atoms with Crippen molar-refractivity contribution in [3.8, 4) is 17.2 Å². The zero-order chi connectivity index (χ0) is 24.3. The third kappa shape index (κ3) is 4.99. The Bertz CT molecular complexity index is 1360. The number of carbonyl (C=O) groups excluding carboxylic acids is 1. The summed E-state index contributed by atoms with van der Waals surface area (Å²) in [7, 11) is -2.61. The predicted octanol–water partition coefficient (Wildman–Crippen LogP) is 3.69. The number of aryl methyl sites for hydroxylation is 1. The van der Waals surface area contributed by atoms with Crippen LogP contribution in [0.4, 0.5) is 11.4 Å². The SMILES string of the molecule is COc1ccc(C=Cc2onc(C)c2NC(C)=O)cc1S(=O)(=O)Nc1ccc2c(c1)OCCO2. The lowest BCUT2D eigenvalue weighted by molar-refractivity contribution is -0.114. The lowest BCUT2D eigenvalue weighted by Crippen LogP contribution is -2.17. The Balaban J connectivity index is 1.62. The minimum Gasteiger partial charge on any atom is -0.495 e. The van der Waals surface area contributed by atoms with Gasteiger partial charge in [-0.2, -0.15) is 0 Å². The lowest BCUT2D eigenvalue weighted by Gasteiger charge is -2.19. The molecule has 0 saturated carbocycles. The van der Waals surface area contributed by atoms with E-state index in [4.69, 9.17) is 18.7 Å². The Morgan fingerprint density at radius 3 is 2.59 bits per heavy atom. The van der Waals surface area contributed by atoms with Gasteiger partial charge in [-0.3, -0.25) is 9.52 Å². The van der Waals surface area contributed by atoms with E-state index in [1.54, 1.807) is 49.4 Å². The van der Waals surface area contributed by atoms with Gasteiger partial charge in [-0.15, -0.1) is 0 Å². The van der Waals surface area contributed by atoms with Gasteiger partial charge in [-0.1, -0.05) is 17.3 Å². The summed E-state index contributed by atoms with van der Waals surface area (Å²) in [5, 5.41) is 6.53. The Labute approximate surface area is 196 Å². The van der Waals surface area contributed by atoms with Gasteiger partial charge in [-0.05, 0) is 42.8 Å². The van der Waals surface area contributed by atoms with E-state index in [1.165, 1.54) is 20.1 Å². The largest absolute Gasteiger partial charge is 0.495 e. The lowest BCUT2D eigenvalue weighted by atomic mass is 10.2. The van der Waals surface area contributed by atoms with E-state index in [0.29, 0.717) is 53.1 Å². The number of sulfonamides is 1. The molecule has 3 aromatic rings. The van der Waals surface area contributed by atoms with E-state index in [9.17, 15) is 13.2 Å². The monoisotopic (exact) mass is 485 g/mol. The topological polar surface area (TPSA) is 129 Å². The van der Waals surface area contributed by atoms with Crippen LogP contribution in [0.15, 0.2) is 45.8 Å². The number of nitrogens with zero attached hydrogens (tertiary/aromatic N) is 1. The molecule has 0 fully saturated rings. The highest BCUT2D eigenvalue weighted by Crippen LogP contribution is 2.34. The number of hydrogen-bond donors (Lipinski definition) is 2. The van der Waals surface area contributed by atoms with Crippen LogP contribution in [0.3, 0.4) is 0 Å². The van der Waals surface area contributed by atoms with Crippen molar-refractivity contribution in [1.29, 1.82) is 0 Å². The number of methoxy groups -OCH3 is 1. The molecule has 10 nitrogen and oxygen atoms in total. The van der Waals surface area contributed by atoms with Gasteiger partial charge in [0.1, 0.15) is 35.2 Å². The molecule has 4 rings (SSSR count). The van der Waals surface area contributed by atoms with Crippen LogP contribution >= 0.6 is 0 Å². The van der Waals surface area contributed by atoms with Crippen molar-refractivity contribution in [1.82, 2.24) is 5.16 Å². The third-order valence-corrected chi connectivity index (χ3v) is 6.29. The number of ether oxygens (including phenoxy) is 3. The van der Waals surface area contributed by atoms with Gasteiger partial charge in [0.25, 0.3) is 10.0 Å². The van der Waals surface area contributed by atoms with Crippen LogP contribution in [0.1, 0.15) is 23.9 Å². The summed E-state index contributed by atoms with van der Waals surface area (Å²) in [4.78, 5) is 11.4. The quantitative estimate of drug-likeness (QED) is 0.518. The molecule has 0 spiro atoms. The maximum atomic E-state index is 13.2. The molecule has 0 aliphatic carbocycles. The van der Waals surface area contributed by atoms with Crippen molar-refractivity contribution in [3.05, 3.63) is 53.4 Å². The Morgan fingerprint density at radius 2 is 1.85 bits per heavy atom. The van der Waals surface area contributed by atoms with Gasteiger partial charge in [0, 0.05) is 13.0 Å². The van der Waals surface area contributed by atoms with Crippen molar-refractivity contribution in [2.75, 3.05) is 30.4 Å². The fourth-order valence-electron chi connectivity index (χ4n) is 3.32. The number of hydrogen-bond acceptors (Lipinski definition) is 8. The molecule has 1 aliphatic heterocycles. The second-order valence-electron chi connectivity index (χ2n) is 7.40. The minimum absolute atomic E-state index is 0.0529. The first-order chi connectivity index (χ1) is 16.3. The molecular weight excluding hydrogens is 462 g/mol. The molecule has 0 bridgehead atoms. The van der Waals surface area contributed by atoms with Crippen molar-refractivity contribution in [3.63, 3.8) is 0 Å². The molecule has 1 amide bonds. The maximum absolute atomic E-state index is 13.2. The highest BCUT2D eigenvalue weighted by molar-refractivity contribution is 7.92. The molecule has 178 valence electrons. The van der Waals surface area contributed by atoms with Crippen LogP contribution < -0.4 is 24.2 Å². The predicted molar refractivity (Wildman–Crippen MR) is 126 cm³/mol. The third-order valence-electron chi connectivity index (χ3n) is 4.89. The van der Waals surface area contributed by atoms with Gasteiger partial charge in [0.2, 0.25) is 5.91 Å². The molecule has 11 heteroatoms. The van der Waals surface area contributed by atoms with Crippen LogP contribution in [-0.2, 0) is 14.8 Å². The molecule has 1 aromatic heterocycles. The smallest absolute Gasteiger partial charge is 0.265 e. The van der Waals surface area contributed by atoms with E-state index in [1.807, 2.05) is 0 Å². The van der Waals surface area contributed by atoms with Crippen molar-refractivity contribution in [2.45, 2.75) is 18.7 Å². The molecule has 2 N–H and O–H groups in total. The number of carbonyl (C=O) groups is 1. The van der Waals surface area contributed by atoms with Gasteiger partial charge in [-0.25, -0.2) is 8.42 Å². The molecule has 0 unspecified atom stereocenters. The average Bonchev–Trinajstić information content (AvgIpc) is 3.15. The first-order valence-electron chi connectivity index (χ1n) is 10.3. The van der Waals surface area contributed by atoms with Gasteiger partial charge >= 0.3 is 0 Å². The highest BCUT2D eigenvalue weighted by atomic mass is 32.2. The number of rotatable bonds is 7. The molecule has 1 aliphatic rings. The summed E-state index contributed by atoms with van der Waals surface area (Å²) in [6, 6.07) is 9.53. The van der Waals surface area contributed by atoms with E-state index < -0.39 is 10.0 Å². The Hall–Kier alpha value is -3.99. The van der Waals surface area contributed by atoms with Gasteiger partial charge in [0.15, 0.2) is 17.3 Å². The van der Waals surface area contributed by atoms with Crippen molar-refractivity contribution < 1.29 is 31.9 Å². The number of nitrogens with one attached hydrogen (secondary N) is 2. The second-order valence-corrected chi connectivity index (χ2v) is 9.05. The average molecular weight is 486 g/mol. The summed E-state index contributed by atoms with van der Waals surface area (Å²) in [5.41, 5.74) is 1.86. The number of benzene rings is 2. The van der Waals surface area contributed by atoms with Crippen LogP contribution in [-0.4, -0.2) is 39.8 Å². The standard InChI is InChI=1S/C23H23N3O7S/c1-14-23(24-15(2)27)20(33-25-14)8-5-16-4-7-19(30-3)22(12-16)34(28,29)26-17-6-9-18-21(13-17)32-11-10-31-18/h4-9,12-13,26H,10-11H2,1-3H3,(H,24,27). The minimum atomic E-state index is -4.01. The van der Waals surface area contributed by atoms with Crippen LogP contribution in [0.2, 0.25) is 0 Å². The molecule has 0 atom stereocenters. The van der Waals surface area contributed by atoms with Gasteiger partial charge < -0.3 is 24.1 Å². The number of fused-ring (bicyclic) bond motifs is 1. The summed E-state index contributed by atoms with van der Waals surface area (Å²) in [5.74, 6) is 1.27. The number of aromatic nitrogens is 1. The zero-order valence-corrected chi connectivity index (χ0v) is 19.6. The normalized spacial score (nSPS) is 13.0. The van der Waals surface area contributed by atoms with Crippen LogP contribution in [0.5, 0.6) is 17.2 Å². The molecule has 2 heterocycles. The summed E-state index contributed by atoms with van der Waals surface area (Å²) in [6.07, 6.45) is 3.24. The molecule has 2 aromatic carbocycles. The molecule has 0 radical (unpaired) electrons. The van der Waals surface area contributed by atoms with Crippen LogP contribution in [0, 0.1) is 6.92 Å². The van der Waals surface area contributed by atoms with E-state index in [2.05, 4.69) is 15.2 Å². The van der Waals surface area contributed by atoms with Crippen molar-refractivity contribution in [2.24, 2.45) is 0 Å². The first-order valence-corrected chi connectivity index (χ1v) is 11.8. The molecule has 0 saturated heterocycles. The first kappa shape index (κ1) is 23.2. The van der Waals surface area contributed by atoms with E-state index in [0.717, 1.165) is 0 Å². The Kier molecular flexibility index (Phi) is 6.46. The van der Waals surface area contributed by atoms with Crippen LogP contribution in [0.25, 0.3) is 12.2 Å². The molecular formula is C23H23N3O7S. The summed E-state index contributed by atoms with van der Waals surface area (Å²) < 4.78 is 50.5.